The highest BCUT2D eigenvalue weighted by atomic mass is 35.5. The number of rotatable bonds is 7. The number of halogens is 2. The SMILES string of the molecule is C[C@H](C(=O)Nc1ccc(F)cc1Cl)[NH+](C)CCOc1ccccc1. The van der Waals surface area contributed by atoms with Gasteiger partial charge in [-0.05, 0) is 37.3 Å². The van der Waals surface area contributed by atoms with E-state index in [1.54, 1.807) is 0 Å². The molecule has 6 heteroatoms. The monoisotopic (exact) mass is 351 g/mol. The van der Waals surface area contributed by atoms with Crippen LogP contribution in [0.5, 0.6) is 5.75 Å². The first-order valence-corrected chi connectivity index (χ1v) is 8.11. The molecular formula is C18H21ClFN2O2+. The quantitative estimate of drug-likeness (QED) is 0.804. The minimum absolute atomic E-state index is 0.180. The zero-order chi connectivity index (χ0) is 17.5. The summed E-state index contributed by atoms with van der Waals surface area (Å²) in [6.07, 6.45) is 0. The molecule has 1 amide bonds. The predicted molar refractivity (Wildman–Crippen MR) is 93.2 cm³/mol. The van der Waals surface area contributed by atoms with Gasteiger partial charge >= 0.3 is 0 Å². The lowest BCUT2D eigenvalue weighted by Crippen LogP contribution is -3.14. The van der Waals surface area contributed by atoms with Gasteiger partial charge in [0.1, 0.15) is 24.7 Å². The minimum atomic E-state index is -0.438. The van der Waals surface area contributed by atoms with Crippen LogP contribution < -0.4 is 15.0 Å². The van der Waals surface area contributed by atoms with Gasteiger partial charge in [-0.25, -0.2) is 4.39 Å². The Balaban J connectivity index is 1.83. The van der Waals surface area contributed by atoms with Crippen molar-refractivity contribution in [3.05, 3.63) is 59.4 Å². The third-order valence-corrected chi connectivity index (χ3v) is 4.14. The molecule has 24 heavy (non-hydrogen) atoms. The van der Waals surface area contributed by atoms with Gasteiger partial charge in [-0.1, -0.05) is 29.8 Å². The maximum Gasteiger partial charge on any atom is 0.282 e. The van der Waals surface area contributed by atoms with Crippen molar-refractivity contribution >= 4 is 23.2 Å². The molecule has 1 unspecified atom stereocenters. The van der Waals surface area contributed by atoms with E-state index in [4.69, 9.17) is 16.3 Å². The fraction of sp³-hybridized carbons (Fsp3) is 0.278. The fourth-order valence-electron chi connectivity index (χ4n) is 2.12. The summed E-state index contributed by atoms with van der Waals surface area (Å²) in [5.41, 5.74) is 0.406. The third kappa shape index (κ3) is 5.22. The molecule has 0 aliphatic carbocycles. The van der Waals surface area contributed by atoms with Gasteiger partial charge in [0.25, 0.3) is 5.91 Å². The second-order valence-electron chi connectivity index (χ2n) is 5.59. The topological polar surface area (TPSA) is 42.8 Å². The first kappa shape index (κ1) is 18.2. The van der Waals surface area contributed by atoms with Crippen LogP contribution in [-0.2, 0) is 4.79 Å². The van der Waals surface area contributed by atoms with Gasteiger partial charge in [0.2, 0.25) is 0 Å². The van der Waals surface area contributed by atoms with Crippen molar-refractivity contribution in [1.29, 1.82) is 0 Å². The van der Waals surface area contributed by atoms with E-state index in [-0.39, 0.29) is 17.0 Å². The Morgan fingerprint density at radius 3 is 2.67 bits per heavy atom. The molecule has 0 heterocycles. The molecule has 0 saturated heterocycles. The van der Waals surface area contributed by atoms with Crippen molar-refractivity contribution in [3.63, 3.8) is 0 Å². The largest absolute Gasteiger partial charge is 0.488 e. The van der Waals surface area contributed by atoms with Gasteiger partial charge in [-0.2, -0.15) is 0 Å². The molecule has 0 aromatic heterocycles. The summed E-state index contributed by atoms with van der Waals surface area (Å²) < 4.78 is 18.7. The summed E-state index contributed by atoms with van der Waals surface area (Å²) in [4.78, 5) is 13.3. The molecule has 128 valence electrons. The van der Waals surface area contributed by atoms with Crippen LogP contribution in [0, 0.1) is 5.82 Å². The van der Waals surface area contributed by atoms with Crippen LogP contribution in [0.2, 0.25) is 5.02 Å². The average molecular weight is 352 g/mol. The Labute approximate surface area is 146 Å². The molecule has 2 rings (SSSR count). The van der Waals surface area contributed by atoms with Gasteiger partial charge in [0.15, 0.2) is 6.04 Å². The predicted octanol–water partition coefficient (Wildman–Crippen LogP) is 2.40. The Bertz CT molecular complexity index is 682. The Hall–Kier alpha value is -2.11. The zero-order valence-corrected chi connectivity index (χ0v) is 14.4. The van der Waals surface area contributed by atoms with Crippen LogP contribution in [0.15, 0.2) is 48.5 Å². The standard InChI is InChI=1S/C18H20ClFN2O2/c1-13(18(23)21-17-9-8-14(20)12-16(17)19)22(2)10-11-24-15-6-4-3-5-7-15/h3-9,12-13H,10-11H2,1-2H3,(H,21,23)/p+1/t13-/m1/s1. The average Bonchev–Trinajstić information content (AvgIpc) is 2.57. The van der Waals surface area contributed by atoms with Gasteiger partial charge in [0.05, 0.1) is 17.8 Å². The number of hydrogen-bond acceptors (Lipinski definition) is 2. The maximum atomic E-state index is 13.0. The Morgan fingerprint density at radius 2 is 2.00 bits per heavy atom. The molecule has 2 aromatic carbocycles. The number of ether oxygens (including phenoxy) is 1. The molecule has 0 aliphatic heterocycles. The maximum absolute atomic E-state index is 13.0. The lowest BCUT2D eigenvalue weighted by molar-refractivity contribution is -0.894. The van der Waals surface area contributed by atoms with E-state index < -0.39 is 5.82 Å². The number of para-hydroxylation sites is 1. The summed E-state index contributed by atoms with van der Waals surface area (Å²) in [6, 6.07) is 13.1. The van der Waals surface area contributed by atoms with Crippen LogP contribution >= 0.6 is 11.6 Å². The summed E-state index contributed by atoms with van der Waals surface area (Å²) in [6.45, 7) is 3.00. The number of likely N-dealkylation sites (N-methyl/N-ethyl adjacent to an activating group) is 1. The van der Waals surface area contributed by atoms with Crippen LogP contribution in [-0.4, -0.2) is 32.1 Å². The van der Waals surface area contributed by atoms with Gasteiger partial charge in [-0.3, -0.25) is 4.79 Å². The number of hydrogen-bond donors (Lipinski definition) is 2. The fourth-order valence-corrected chi connectivity index (χ4v) is 2.33. The summed E-state index contributed by atoms with van der Waals surface area (Å²) in [5.74, 6) is 0.188. The molecule has 2 aromatic rings. The number of benzene rings is 2. The number of quaternary nitrogens is 1. The number of nitrogens with one attached hydrogen (secondary N) is 2. The first-order chi connectivity index (χ1) is 11.5. The van der Waals surface area contributed by atoms with Crippen molar-refractivity contribution in [3.8, 4) is 5.75 Å². The highest BCUT2D eigenvalue weighted by Crippen LogP contribution is 2.22. The smallest absolute Gasteiger partial charge is 0.282 e. The molecule has 0 aliphatic rings. The van der Waals surface area contributed by atoms with Gasteiger partial charge in [0, 0.05) is 0 Å². The van der Waals surface area contributed by atoms with E-state index in [0.717, 1.165) is 10.6 Å². The van der Waals surface area contributed by atoms with Crippen molar-refractivity contribution in [2.75, 3.05) is 25.5 Å². The molecule has 2 atom stereocenters. The molecule has 0 radical (unpaired) electrons. The van der Waals surface area contributed by atoms with E-state index in [1.165, 1.54) is 18.2 Å². The van der Waals surface area contributed by atoms with E-state index in [9.17, 15) is 9.18 Å². The van der Waals surface area contributed by atoms with Gasteiger partial charge < -0.3 is 15.0 Å². The summed E-state index contributed by atoms with van der Waals surface area (Å²) in [5, 5.41) is 2.91. The molecule has 0 saturated carbocycles. The minimum Gasteiger partial charge on any atom is -0.488 e. The van der Waals surface area contributed by atoms with Crippen LogP contribution in [0.3, 0.4) is 0 Å². The van der Waals surface area contributed by atoms with E-state index in [1.807, 2.05) is 44.3 Å². The molecule has 2 N–H and O–H groups in total. The Kier molecular flexibility index (Phi) is 6.58. The van der Waals surface area contributed by atoms with Crippen LogP contribution in [0.1, 0.15) is 6.92 Å². The van der Waals surface area contributed by atoms with Gasteiger partial charge in [-0.15, -0.1) is 0 Å². The third-order valence-electron chi connectivity index (χ3n) is 3.83. The number of carbonyl (C=O) groups excluding carboxylic acids is 1. The van der Waals surface area contributed by atoms with Crippen molar-refractivity contribution in [1.82, 2.24) is 0 Å². The molecule has 0 fully saturated rings. The highest BCUT2D eigenvalue weighted by Gasteiger charge is 2.22. The van der Waals surface area contributed by atoms with Crippen LogP contribution in [0.25, 0.3) is 0 Å². The number of amides is 1. The first-order valence-electron chi connectivity index (χ1n) is 7.73. The zero-order valence-electron chi connectivity index (χ0n) is 13.7. The summed E-state index contributed by atoms with van der Waals surface area (Å²) in [7, 11) is 1.92. The second kappa shape index (κ2) is 8.66. The lowest BCUT2D eigenvalue weighted by Gasteiger charge is -2.21. The van der Waals surface area contributed by atoms with E-state index in [2.05, 4.69) is 5.32 Å². The summed E-state index contributed by atoms with van der Waals surface area (Å²) >= 11 is 5.93. The highest BCUT2D eigenvalue weighted by molar-refractivity contribution is 6.33. The molecule has 4 nitrogen and oxygen atoms in total. The number of anilines is 1. The van der Waals surface area contributed by atoms with E-state index >= 15 is 0 Å². The van der Waals surface area contributed by atoms with E-state index in [0.29, 0.717) is 18.8 Å². The molecular weight excluding hydrogens is 331 g/mol. The van der Waals surface area contributed by atoms with Crippen LogP contribution in [0.4, 0.5) is 10.1 Å². The molecule has 0 spiro atoms. The molecule has 0 bridgehead atoms. The Morgan fingerprint density at radius 1 is 1.29 bits per heavy atom. The lowest BCUT2D eigenvalue weighted by atomic mass is 10.2. The van der Waals surface area contributed by atoms with Crippen molar-refractivity contribution in [2.45, 2.75) is 13.0 Å². The number of carbonyl (C=O) groups is 1. The van der Waals surface area contributed by atoms with Crippen molar-refractivity contribution in [2.24, 2.45) is 0 Å². The normalized spacial score (nSPS) is 13.2. The van der Waals surface area contributed by atoms with Crippen molar-refractivity contribution < 1.29 is 18.8 Å². The second-order valence-corrected chi connectivity index (χ2v) is 6.00.